The Hall–Kier alpha value is -4.13. The summed E-state index contributed by atoms with van der Waals surface area (Å²) in [7, 11) is 0. The summed E-state index contributed by atoms with van der Waals surface area (Å²) in [5.74, 6) is 0.0323. The van der Waals surface area contributed by atoms with Crippen molar-refractivity contribution in [2.45, 2.75) is 0 Å². The summed E-state index contributed by atoms with van der Waals surface area (Å²) in [5.41, 5.74) is 1.51. The zero-order valence-corrected chi connectivity index (χ0v) is 20.9. The molecule has 0 fully saturated rings. The fourth-order valence-electron chi connectivity index (χ4n) is 2.91. The van der Waals surface area contributed by atoms with E-state index < -0.39 is 11.8 Å². The van der Waals surface area contributed by atoms with Crippen LogP contribution in [0.1, 0.15) is 11.1 Å². The van der Waals surface area contributed by atoms with E-state index in [-0.39, 0.29) is 65.2 Å². The predicted molar refractivity (Wildman–Crippen MR) is 139 cm³/mol. The molecule has 0 aliphatic heterocycles. The molecule has 0 saturated heterocycles. The van der Waals surface area contributed by atoms with Gasteiger partial charge in [-0.1, -0.05) is 24.3 Å². The van der Waals surface area contributed by atoms with Gasteiger partial charge in [-0.15, -0.1) is 0 Å². The summed E-state index contributed by atoms with van der Waals surface area (Å²) in [6.07, 6.45) is 3.61. The second-order valence-electron chi connectivity index (χ2n) is 7.73. The van der Waals surface area contributed by atoms with E-state index in [1.165, 1.54) is 0 Å². The Morgan fingerprint density at radius 2 is 0.974 bits per heavy atom. The quantitative estimate of drug-likeness (QED) is 0.144. The Bertz CT molecular complexity index is 1020. The van der Waals surface area contributed by atoms with Gasteiger partial charge in [0.2, 0.25) is 0 Å². The van der Waals surface area contributed by atoms with E-state index in [0.29, 0.717) is 22.8 Å². The average Bonchev–Trinajstić information content (AvgIpc) is 2.94. The highest BCUT2D eigenvalue weighted by Crippen LogP contribution is 2.25. The van der Waals surface area contributed by atoms with Gasteiger partial charge in [-0.3, -0.25) is 14.4 Å². The molecule has 2 rings (SSSR count). The van der Waals surface area contributed by atoms with Gasteiger partial charge >= 0.3 is 0 Å². The number of nitrogens with one attached hydrogen (secondary N) is 3. The van der Waals surface area contributed by atoms with Crippen molar-refractivity contribution in [3.8, 4) is 17.2 Å². The molecule has 2 aromatic carbocycles. The van der Waals surface area contributed by atoms with Crippen molar-refractivity contribution in [1.82, 2.24) is 16.0 Å². The molecule has 0 aliphatic carbocycles. The van der Waals surface area contributed by atoms with E-state index in [1.807, 2.05) is 6.08 Å². The Kier molecular flexibility index (Phi) is 13.7. The Balaban J connectivity index is 2.07. The van der Waals surface area contributed by atoms with Gasteiger partial charge in [0, 0.05) is 25.7 Å². The van der Waals surface area contributed by atoms with Gasteiger partial charge in [0.05, 0.1) is 19.8 Å². The van der Waals surface area contributed by atoms with Gasteiger partial charge in [0.15, 0.2) is 19.8 Å². The summed E-state index contributed by atoms with van der Waals surface area (Å²) in [6, 6.07) is 11.9. The van der Waals surface area contributed by atoms with E-state index in [1.54, 1.807) is 48.5 Å². The molecule has 0 unspecified atom stereocenters. The van der Waals surface area contributed by atoms with E-state index >= 15 is 0 Å². The standard InChI is InChI=1S/C26H33N3O9/c30-10-7-27-24(33)16-36-21-5-3-19(4-6-21)1-2-20-13-22(37-17-25(34)28-8-11-31)15-23(14-20)38-18-26(35)29-9-12-32/h1-6,13-15,30-32H,7-12,16-18H2,(H,27,33)(H,28,34)(H,29,35)/b2-1+. The first-order valence-corrected chi connectivity index (χ1v) is 11.9. The van der Waals surface area contributed by atoms with E-state index in [4.69, 9.17) is 29.5 Å². The first kappa shape index (κ1) is 30.1. The van der Waals surface area contributed by atoms with Crippen molar-refractivity contribution < 1.29 is 43.9 Å². The first-order valence-electron chi connectivity index (χ1n) is 11.9. The van der Waals surface area contributed by atoms with Crippen molar-refractivity contribution >= 4 is 29.9 Å². The maximum Gasteiger partial charge on any atom is 0.258 e. The van der Waals surface area contributed by atoms with Gasteiger partial charge in [0.25, 0.3) is 17.7 Å². The molecule has 12 heteroatoms. The number of ether oxygens (including phenoxy) is 3. The van der Waals surface area contributed by atoms with E-state index in [0.717, 1.165) is 5.56 Å². The lowest BCUT2D eigenvalue weighted by atomic mass is 10.1. The number of benzene rings is 2. The molecule has 38 heavy (non-hydrogen) atoms. The summed E-state index contributed by atoms with van der Waals surface area (Å²) < 4.78 is 16.5. The second kappa shape index (κ2) is 17.3. The largest absolute Gasteiger partial charge is 0.484 e. The maximum atomic E-state index is 11.8. The number of aliphatic hydroxyl groups is 3. The average molecular weight is 532 g/mol. The van der Waals surface area contributed by atoms with Crippen LogP contribution in [0.3, 0.4) is 0 Å². The van der Waals surface area contributed by atoms with Gasteiger partial charge in [-0.2, -0.15) is 0 Å². The molecule has 0 bridgehead atoms. The second-order valence-corrected chi connectivity index (χ2v) is 7.73. The predicted octanol–water partition coefficient (Wildman–Crippen LogP) is -0.681. The van der Waals surface area contributed by atoms with Gasteiger partial charge in [-0.25, -0.2) is 0 Å². The molecule has 0 aromatic heterocycles. The number of carbonyl (C=O) groups excluding carboxylic acids is 3. The van der Waals surface area contributed by atoms with Crippen LogP contribution in [0.25, 0.3) is 12.2 Å². The van der Waals surface area contributed by atoms with Crippen molar-refractivity contribution in [3.05, 3.63) is 53.6 Å². The molecule has 0 radical (unpaired) electrons. The Morgan fingerprint density at radius 3 is 1.39 bits per heavy atom. The number of hydrogen-bond acceptors (Lipinski definition) is 9. The molecule has 0 aliphatic rings. The van der Waals surface area contributed by atoms with Crippen LogP contribution in [0.15, 0.2) is 42.5 Å². The molecule has 0 spiro atoms. The molecule has 3 amide bonds. The number of aliphatic hydroxyl groups excluding tert-OH is 3. The minimum absolute atomic E-state index is 0.114. The molecule has 0 saturated carbocycles. The van der Waals surface area contributed by atoms with Gasteiger partial charge < -0.3 is 45.5 Å². The molecule has 6 N–H and O–H groups in total. The Morgan fingerprint density at radius 1 is 0.579 bits per heavy atom. The smallest absolute Gasteiger partial charge is 0.258 e. The topological polar surface area (TPSA) is 176 Å². The summed E-state index contributed by atoms with van der Waals surface area (Å²) >= 11 is 0. The number of hydrogen-bond donors (Lipinski definition) is 6. The Labute approximate surface area is 220 Å². The van der Waals surface area contributed by atoms with Crippen LogP contribution in [0.2, 0.25) is 0 Å². The highest BCUT2D eigenvalue weighted by molar-refractivity contribution is 5.78. The normalized spacial score (nSPS) is 10.6. The SMILES string of the molecule is O=C(COc1ccc(/C=C/c2cc(OCC(=O)NCCO)cc(OCC(=O)NCCO)c2)cc1)NCCO. The van der Waals surface area contributed by atoms with Crippen molar-refractivity contribution in [3.63, 3.8) is 0 Å². The summed E-state index contributed by atoms with van der Waals surface area (Å²) in [5, 5.41) is 33.8. The third kappa shape index (κ3) is 12.2. The van der Waals surface area contributed by atoms with Crippen molar-refractivity contribution in [2.24, 2.45) is 0 Å². The third-order valence-electron chi connectivity index (χ3n) is 4.66. The van der Waals surface area contributed by atoms with E-state index in [9.17, 15) is 14.4 Å². The van der Waals surface area contributed by atoms with Crippen LogP contribution in [0.4, 0.5) is 0 Å². The monoisotopic (exact) mass is 531 g/mol. The van der Waals surface area contributed by atoms with Crippen LogP contribution in [0.5, 0.6) is 17.2 Å². The van der Waals surface area contributed by atoms with Crippen molar-refractivity contribution in [1.29, 1.82) is 0 Å². The zero-order valence-electron chi connectivity index (χ0n) is 20.9. The highest BCUT2D eigenvalue weighted by atomic mass is 16.5. The van der Waals surface area contributed by atoms with Crippen LogP contribution in [-0.4, -0.2) is 92.3 Å². The molecule has 206 valence electrons. The minimum atomic E-state index is -0.404. The van der Waals surface area contributed by atoms with Crippen LogP contribution >= 0.6 is 0 Å². The lowest BCUT2D eigenvalue weighted by molar-refractivity contribution is -0.124. The molecule has 0 heterocycles. The van der Waals surface area contributed by atoms with Crippen LogP contribution in [-0.2, 0) is 14.4 Å². The van der Waals surface area contributed by atoms with Gasteiger partial charge in [0.1, 0.15) is 17.2 Å². The summed E-state index contributed by atoms with van der Waals surface area (Å²) in [6.45, 7) is -0.835. The molecule has 0 atom stereocenters. The van der Waals surface area contributed by atoms with Crippen LogP contribution < -0.4 is 30.2 Å². The highest BCUT2D eigenvalue weighted by Gasteiger charge is 2.08. The minimum Gasteiger partial charge on any atom is -0.484 e. The third-order valence-corrected chi connectivity index (χ3v) is 4.66. The number of carbonyl (C=O) groups is 3. The maximum absolute atomic E-state index is 11.8. The number of amides is 3. The fourth-order valence-corrected chi connectivity index (χ4v) is 2.91. The van der Waals surface area contributed by atoms with Gasteiger partial charge in [-0.05, 0) is 35.4 Å². The van der Waals surface area contributed by atoms with Crippen LogP contribution in [0, 0.1) is 0 Å². The zero-order chi connectivity index (χ0) is 27.6. The fraction of sp³-hybridized carbons (Fsp3) is 0.346. The first-order chi connectivity index (χ1) is 18.4. The van der Waals surface area contributed by atoms with Crippen molar-refractivity contribution in [2.75, 3.05) is 59.3 Å². The lowest BCUT2D eigenvalue weighted by Crippen LogP contribution is -2.31. The summed E-state index contributed by atoms with van der Waals surface area (Å²) in [4.78, 5) is 35.2. The molecule has 12 nitrogen and oxygen atoms in total. The number of rotatable bonds is 17. The molecular formula is C26H33N3O9. The molecular weight excluding hydrogens is 498 g/mol. The molecule has 2 aromatic rings. The lowest BCUT2D eigenvalue weighted by Gasteiger charge is -2.11. The van der Waals surface area contributed by atoms with E-state index in [2.05, 4.69) is 16.0 Å².